The van der Waals surface area contributed by atoms with Gasteiger partial charge in [-0.2, -0.15) is 0 Å². The van der Waals surface area contributed by atoms with Gasteiger partial charge in [0.15, 0.2) is 0 Å². The van der Waals surface area contributed by atoms with Crippen LogP contribution in [0.4, 0.5) is 0 Å². The Morgan fingerprint density at radius 1 is 1.08 bits per heavy atom. The van der Waals surface area contributed by atoms with Crippen LogP contribution >= 0.6 is 24.2 Å². The molecule has 1 aliphatic heterocycles. The van der Waals surface area contributed by atoms with Crippen molar-refractivity contribution in [3.63, 3.8) is 0 Å². The lowest BCUT2D eigenvalue weighted by Gasteiger charge is -2.14. The van der Waals surface area contributed by atoms with Crippen molar-refractivity contribution in [1.29, 1.82) is 0 Å². The molecule has 0 saturated carbocycles. The minimum Gasteiger partial charge on any atom is -0.302 e. The third-order valence-electron chi connectivity index (χ3n) is 4.17. The van der Waals surface area contributed by atoms with Crippen molar-refractivity contribution in [3.8, 4) is 0 Å². The predicted octanol–water partition coefficient (Wildman–Crippen LogP) is 5.65. The first-order chi connectivity index (χ1) is 11.3. The molecule has 0 fully saturated rings. The van der Waals surface area contributed by atoms with E-state index >= 15 is 0 Å². The smallest absolute Gasteiger partial charge is 0.0238 e. The van der Waals surface area contributed by atoms with Gasteiger partial charge < -0.3 is 4.90 Å². The summed E-state index contributed by atoms with van der Waals surface area (Å²) < 4.78 is 0. The number of halogens is 1. The second-order valence-corrected chi connectivity index (χ2v) is 6.92. The number of rotatable bonds is 5. The number of fused-ring (bicyclic) bond motifs is 2. The van der Waals surface area contributed by atoms with Gasteiger partial charge in [-0.25, -0.2) is 0 Å². The summed E-state index contributed by atoms with van der Waals surface area (Å²) in [6.45, 7) is 5.80. The molecule has 0 unspecified atom stereocenters. The Morgan fingerprint density at radius 2 is 1.79 bits per heavy atom. The topological polar surface area (TPSA) is 3.24 Å². The van der Waals surface area contributed by atoms with Gasteiger partial charge in [0.1, 0.15) is 0 Å². The normalized spacial score (nSPS) is 14.5. The molecule has 1 nitrogen and oxygen atoms in total. The third kappa shape index (κ3) is 4.32. The lowest BCUT2D eigenvalue weighted by molar-refractivity contribution is 0.378. The maximum Gasteiger partial charge on any atom is 0.0238 e. The van der Waals surface area contributed by atoms with Crippen molar-refractivity contribution >= 4 is 29.7 Å². The van der Waals surface area contributed by atoms with E-state index in [-0.39, 0.29) is 12.4 Å². The molecule has 0 aliphatic carbocycles. The van der Waals surface area contributed by atoms with Crippen molar-refractivity contribution in [2.24, 2.45) is 0 Å². The molecule has 0 N–H and O–H groups in total. The highest BCUT2D eigenvalue weighted by Crippen LogP contribution is 2.39. The summed E-state index contributed by atoms with van der Waals surface area (Å²) in [4.78, 5) is 3.68. The monoisotopic (exact) mass is 357 g/mol. The summed E-state index contributed by atoms with van der Waals surface area (Å²) in [5.41, 5.74) is 5.57. The van der Waals surface area contributed by atoms with Crippen molar-refractivity contribution in [1.82, 2.24) is 4.90 Å². The van der Waals surface area contributed by atoms with Crippen LogP contribution in [0.5, 0.6) is 0 Å². The average molecular weight is 358 g/mol. The van der Waals surface area contributed by atoms with Crippen molar-refractivity contribution < 1.29 is 0 Å². The Bertz CT molecular complexity index is 674. The van der Waals surface area contributed by atoms with Crippen LogP contribution in [0.15, 0.2) is 72.2 Å². The van der Waals surface area contributed by atoms with Crippen molar-refractivity contribution in [3.05, 3.63) is 84.0 Å². The first kappa shape index (κ1) is 18.9. The lowest BCUT2D eigenvalue weighted by Crippen LogP contribution is -2.18. The van der Waals surface area contributed by atoms with E-state index in [1.807, 2.05) is 17.8 Å². The third-order valence-corrected chi connectivity index (χ3v) is 5.29. The van der Waals surface area contributed by atoms with Gasteiger partial charge in [-0.3, -0.25) is 0 Å². The van der Waals surface area contributed by atoms with Crippen molar-refractivity contribution in [2.45, 2.75) is 17.1 Å². The first-order valence-electron chi connectivity index (χ1n) is 8.09. The van der Waals surface area contributed by atoms with Crippen LogP contribution in [0.2, 0.25) is 0 Å². The lowest BCUT2D eigenvalue weighted by atomic mass is 9.93. The van der Waals surface area contributed by atoms with Crippen LogP contribution in [0, 0.1) is 0 Å². The molecule has 3 rings (SSSR count). The first-order valence-corrected chi connectivity index (χ1v) is 9.08. The van der Waals surface area contributed by atoms with Crippen LogP contribution in [0.1, 0.15) is 23.1 Å². The van der Waals surface area contributed by atoms with Crippen LogP contribution in [0.3, 0.4) is 0 Å². The predicted molar refractivity (Wildman–Crippen MR) is 109 cm³/mol. The molecule has 0 spiro atoms. The van der Waals surface area contributed by atoms with Crippen LogP contribution in [-0.2, 0) is 5.75 Å². The number of hydrogen-bond acceptors (Lipinski definition) is 2. The Hall–Kier alpha value is -1.48. The molecule has 0 saturated heterocycles. The maximum atomic E-state index is 3.81. The highest BCUT2D eigenvalue weighted by Gasteiger charge is 2.17. The number of benzene rings is 2. The summed E-state index contributed by atoms with van der Waals surface area (Å²) in [5.74, 6) is 1.04. The van der Waals surface area contributed by atoms with E-state index in [4.69, 9.17) is 0 Å². The highest BCUT2D eigenvalue weighted by molar-refractivity contribution is 7.98. The molecular formula is C21H24ClNS. The summed E-state index contributed by atoms with van der Waals surface area (Å²) in [6.07, 6.45) is 5.41. The van der Waals surface area contributed by atoms with Gasteiger partial charge in [-0.15, -0.1) is 30.7 Å². The number of hydrogen-bond donors (Lipinski definition) is 0. The quantitative estimate of drug-likeness (QED) is 0.636. The SMILES string of the molecule is C=CCN(C)CC/C=C1\c2ccccc2CSc2ccccc21.Cl. The average Bonchev–Trinajstić information content (AvgIpc) is 2.73. The zero-order valence-corrected chi connectivity index (χ0v) is 15.7. The fourth-order valence-corrected chi connectivity index (χ4v) is 4.06. The van der Waals surface area contributed by atoms with Crippen LogP contribution < -0.4 is 0 Å². The molecule has 0 bridgehead atoms. The van der Waals surface area contributed by atoms with Gasteiger partial charge in [0.25, 0.3) is 0 Å². The number of nitrogens with zero attached hydrogens (tertiary/aromatic N) is 1. The molecule has 0 atom stereocenters. The minimum absolute atomic E-state index is 0. The molecule has 3 heteroatoms. The summed E-state index contributed by atoms with van der Waals surface area (Å²) in [7, 11) is 2.14. The fourth-order valence-electron chi connectivity index (χ4n) is 2.99. The van der Waals surface area contributed by atoms with E-state index in [9.17, 15) is 0 Å². The van der Waals surface area contributed by atoms with E-state index in [1.165, 1.54) is 27.2 Å². The van der Waals surface area contributed by atoms with E-state index < -0.39 is 0 Å². The van der Waals surface area contributed by atoms with Gasteiger partial charge in [-0.05, 0) is 41.8 Å². The van der Waals surface area contributed by atoms with E-state index in [0.29, 0.717) is 0 Å². The largest absolute Gasteiger partial charge is 0.302 e. The van der Waals surface area contributed by atoms with Gasteiger partial charge in [0, 0.05) is 23.7 Å². The fraction of sp³-hybridized carbons (Fsp3) is 0.238. The van der Waals surface area contributed by atoms with Gasteiger partial charge in [0.05, 0.1) is 0 Å². The van der Waals surface area contributed by atoms with E-state index in [1.54, 1.807) is 0 Å². The maximum absolute atomic E-state index is 3.81. The summed E-state index contributed by atoms with van der Waals surface area (Å²) in [6, 6.07) is 17.6. The molecule has 0 aromatic heterocycles. The Labute approximate surface area is 155 Å². The molecule has 2 aromatic rings. The van der Waals surface area contributed by atoms with Crippen molar-refractivity contribution in [2.75, 3.05) is 20.1 Å². The number of thioether (sulfide) groups is 1. The molecule has 0 amide bonds. The molecule has 24 heavy (non-hydrogen) atoms. The van der Waals surface area contributed by atoms with Gasteiger partial charge in [-0.1, -0.05) is 54.6 Å². The highest BCUT2D eigenvalue weighted by atomic mass is 35.5. The zero-order valence-electron chi connectivity index (χ0n) is 14.1. The second-order valence-electron chi connectivity index (χ2n) is 5.90. The molecule has 0 radical (unpaired) electrons. The Balaban J connectivity index is 0.00000208. The minimum atomic E-state index is 0. The molecule has 1 heterocycles. The van der Waals surface area contributed by atoms with Gasteiger partial charge >= 0.3 is 0 Å². The Morgan fingerprint density at radius 3 is 2.58 bits per heavy atom. The van der Waals surface area contributed by atoms with Crippen LogP contribution in [0.25, 0.3) is 5.57 Å². The molecule has 2 aromatic carbocycles. The van der Waals surface area contributed by atoms with Gasteiger partial charge in [0.2, 0.25) is 0 Å². The van der Waals surface area contributed by atoms with E-state index in [2.05, 4.69) is 73.1 Å². The summed E-state index contributed by atoms with van der Waals surface area (Å²) in [5, 5.41) is 0. The second kappa shape index (κ2) is 9.12. The Kier molecular flexibility index (Phi) is 7.16. The number of likely N-dealkylation sites (N-methyl/N-ethyl adjacent to an activating group) is 1. The molecule has 126 valence electrons. The standard InChI is InChI=1S/C21H23NS.ClH/c1-3-14-22(2)15-8-12-19-18-10-5-4-9-17(18)16-23-21-13-7-6-11-20(19)21;/h3-7,9-13H,1,8,14-16H2,2H3;1H/b19-12+;. The molecule has 1 aliphatic rings. The van der Waals surface area contributed by atoms with E-state index in [0.717, 1.165) is 25.3 Å². The zero-order chi connectivity index (χ0) is 16.1. The molecular weight excluding hydrogens is 334 g/mol. The summed E-state index contributed by atoms with van der Waals surface area (Å²) >= 11 is 1.94. The van der Waals surface area contributed by atoms with Crippen LogP contribution in [-0.4, -0.2) is 25.0 Å².